The van der Waals surface area contributed by atoms with Gasteiger partial charge in [-0.1, -0.05) is 0 Å². The van der Waals surface area contributed by atoms with Gasteiger partial charge in [0.2, 0.25) is 0 Å². The SMILES string of the molecule is COCCO[C@H]1C(OC(C)(C)C)[C@@H](CO)O[C@H]1n1cc(C)c(=O)[nH]c1=O. The molecule has 0 radical (unpaired) electrons. The molecule has 1 aliphatic heterocycles. The van der Waals surface area contributed by atoms with Gasteiger partial charge >= 0.3 is 5.69 Å². The summed E-state index contributed by atoms with van der Waals surface area (Å²) in [5, 5.41) is 9.72. The third kappa shape index (κ3) is 4.80. The van der Waals surface area contributed by atoms with Crippen LogP contribution in [-0.4, -0.2) is 65.5 Å². The highest BCUT2D eigenvalue weighted by Crippen LogP contribution is 2.35. The molecule has 2 N–H and O–H groups in total. The number of methoxy groups -OCH3 is 1. The molecule has 1 aliphatic rings. The van der Waals surface area contributed by atoms with Gasteiger partial charge in [0, 0.05) is 18.9 Å². The number of nitrogens with one attached hydrogen (secondary N) is 1. The molecule has 1 aromatic rings. The lowest BCUT2D eigenvalue weighted by Crippen LogP contribution is -2.44. The second-order valence-electron chi connectivity index (χ2n) is 7.25. The summed E-state index contributed by atoms with van der Waals surface area (Å²) in [4.78, 5) is 26.2. The van der Waals surface area contributed by atoms with Gasteiger partial charge < -0.3 is 24.1 Å². The summed E-state index contributed by atoms with van der Waals surface area (Å²) >= 11 is 0. The van der Waals surface area contributed by atoms with E-state index >= 15 is 0 Å². The van der Waals surface area contributed by atoms with Crippen LogP contribution in [0, 0.1) is 6.92 Å². The number of aliphatic hydroxyl groups is 1. The van der Waals surface area contributed by atoms with Crippen molar-refractivity contribution in [1.29, 1.82) is 0 Å². The third-order valence-corrected chi connectivity index (χ3v) is 3.97. The maximum atomic E-state index is 12.3. The lowest BCUT2D eigenvalue weighted by Gasteiger charge is -2.31. The van der Waals surface area contributed by atoms with Crippen molar-refractivity contribution in [2.24, 2.45) is 0 Å². The molecule has 1 aromatic heterocycles. The van der Waals surface area contributed by atoms with Gasteiger partial charge in [0.05, 0.1) is 25.4 Å². The third-order valence-electron chi connectivity index (χ3n) is 3.97. The van der Waals surface area contributed by atoms with E-state index < -0.39 is 41.4 Å². The monoisotopic (exact) mass is 372 g/mol. The molecular formula is C17H28N2O7. The largest absolute Gasteiger partial charge is 0.394 e. The van der Waals surface area contributed by atoms with Crippen molar-refractivity contribution >= 4 is 0 Å². The number of hydrogen-bond donors (Lipinski definition) is 2. The highest BCUT2D eigenvalue weighted by atomic mass is 16.6. The van der Waals surface area contributed by atoms with Crippen LogP contribution in [0.2, 0.25) is 0 Å². The van der Waals surface area contributed by atoms with Crippen LogP contribution in [0.3, 0.4) is 0 Å². The van der Waals surface area contributed by atoms with E-state index in [1.54, 1.807) is 14.0 Å². The van der Waals surface area contributed by atoms with Gasteiger partial charge in [0.15, 0.2) is 6.23 Å². The summed E-state index contributed by atoms with van der Waals surface area (Å²) < 4.78 is 24.1. The number of aryl methyl sites for hydroxylation is 1. The van der Waals surface area contributed by atoms with Gasteiger partial charge in [-0.25, -0.2) is 4.79 Å². The van der Waals surface area contributed by atoms with E-state index in [0.717, 1.165) is 0 Å². The molecule has 9 nitrogen and oxygen atoms in total. The van der Waals surface area contributed by atoms with Crippen molar-refractivity contribution in [2.45, 2.75) is 57.8 Å². The normalized spacial score (nSPS) is 26.4. The first kappa shape index (κ1) is 20.8. The Morgan fingerprint density at radius 3 is 2.54 bits per heavy atom. The molecular weight excluding hydrogens is 344 g/mol. The second-order valence-corrected chi connectivity index (χ2v) is 7.25. The van der Waals surface area contributed by atoms with Crippen molar-refractivity contribution in [3.05, 3.63) is 32.6 Å². The Labute approximate surface area is 151 Å². The van der Waals surface area contributed by atoms with E-state index in [0.29, 0.717) is 12.2 Å². The maximum absolute atomic E-state index is 12.3. The number of nitrogens with zero attached hydrogens (tertiary/aromatic N) is 1. The predicted octanol–water partition coefficient (Wildman–Crippen LogP) is -0.0500. The molecule has 2 rings (SSSR count). The number of hydrogen-bond acceptors (Lipinski definition) is 7. The fourth-order valence-corrected chi connectivity index (χ4v) is 2.85. The van der Waals surface area contributed by atoms with Crippen LogP contribution in [0.5, 0.6) is 0 Å². The van der Waals surface area contributed by atoms with Gasteiger partial charge in [-0.2, -0.15) is 0 Å². The molecule has 26 heavy (non-hydrogen) atoms. The molecule has 0 bridgehead atoms. The van der Waals surface area contributed by atoms with E-state index in [9.17, 15) is 14.7 Å². The fraction of sp³-hybridized carbons (Fsp3) is 0.765. The molecule has 1 unspecified atom stereocenters. The van der Waals surface area contributed by atoms with Crippen LogP contribution in [0.25, 0.3) is 0 Å². The van der Waals surface area contributed by atoms with Crippen molar-refractivity contribution in [3.8, 4) is 0 Å². The van der Waals surface area contributed by atoms with Crippen LogP contribution in [0.4, 0.5) is 0 Å². The minimum absolute atomic E-state index is 0.264. The van der Waals surface area contributed by atoms with Gasteiger partial charge in [-0.15, -0.1) is 0 Å². The Morgan fingerprint density at radius 2 is 1.96 bits per heavy atom. The number of aromatic nitrogens is 2. The van der Waals surface area contributed by atoms with Crippen LogP contribution in [0.15, 0.2) is 15.8 Å². The van der Waals surface area contributed by atoms with E-state index in [-0.39, 0.29) is 13.2 Å². The summed E-state index contributed by atoms with van der Waals surface area (Å²) in [5.41, 5.74) is -1.21. The number of aliphatic hydroxyl groups excluding tert-OH is 1. The molecule has 2 heterocycles. The quantitative estimate of drug-likeness (QED) is 0.645. The van der Waals surface area contributed by atoms with Crippen LogP contribution in [-0.2, 0) is 18.9 Å². The second kappa shape index (κ2) is 8.45. The molecule has 1 saturated heterocycles. The molecule has 4 atom stereocenters. The molecule has 1 fully saturated rings. The zero-order chi connectivity index (χ0) is 19.5. The number of rotatable bonds is 7. The number of aromatic amines is 1. The Balaban J connectivity index is 2.40. The number of H-pyrrole nitrogens is 1. The summed E-state index contributed by atoms with van der Waals surface area (Å²) in [6.07, 6.45) is -1.36. The number of ether oxygens (including phenoxy) is 4. The van der Waals surface area contributed by atoms with Gasteiger partial charge in [0.25, 0.3) is 5.56 Å². The van der Waals surface area contributed by atoms with E-state index in [1.807, 2.05) is 20.8 Å². The van der Waals surface area contributed by atoms with Crippen molar-refractivity contribution in [3.63, 3.8) is 0 Å². The highest BCUT2D eigenvalue weighted by Gasteiger charge is 2.48. The predicted molar refractivity (Wildman–Crippen MR) is 93.3 cm³/mol. The van der Waals surface area contributed by atoms with Crippen LogP contribution < -0.4 is 11.2 Å². The average Bonchev–Trinajstić information content (AvgIpc) is 2.87. The van der Waals surface area contributed by atoms with Gasteiger partial charge in [0.1, 0.15) is 18.3 Å². The topological polar surface area (TPSA) is 112 Å². The lowest BCUT2D eigenvalue weighted by molar-refractivity contribution is -0.135. The summed E-state index contributed by atoms with van der Waals surface area (Å²) in [5.74, 6) is 0. The van der Waals surface area contributed by atoms with Crippen molar-refractivity contribution in [1.82, 2.24) is 9.55 Å². The molecule has 0 aliphatic carbocycles. The maximum Gasteiger partial charge on any atom is 0.330 e. The summed E-state index contributed by atoms with van der Waals surface area (Å²) in [6.45, 7) is 7.58. The van der Waals surface area contributed by atoms with Gasteiger partial charge in [-0.05, 0) is 27.7 Å². The Hall–Kier alpha value is -1.52. The van der Waals surface area contributed by atoms with Crippen molar-refractivity contribution < 1.29 is 24.1 Å². The first-order valence-electron chi connectivity index (χ1n) is 8.54. The van der Waals surface area contributed by atoms with Crippen LogP contribution in [0.1, 0.15) is 32.6 Å². The van der Waals surface area contributed by atoms with Gasteiger partial charge in [-0.3, -0.25) is 14.3 Å². The van der Waals surface area contributed by atoms with E-state index in [1.165, 1.54) is 10.8 Å². The first-order chi connectivity index (χ1) is 12.2. The molecule has 0 amide bonds. The summed E-state index contributed by atoms with van der Waals surface area (Å²) in [7, 11) is 1.56. The molecule has 0 aromatic carbocycles. The Morgan fingerprint density at radius 1 is 1.27 bits per heavy atom. The Bertz CT molecular complexity index is 706. The minimum atomic E-state index is -0.848. The first-order valence-corrected chi connectivity index (χ1v) is 8.54. The smallest absolute Gasteiger partial charge is 0.330 e. The van der Waals surface area contributed by atoms with E-state index in [4.69, 9.17) is 18.9 Å². The Kier molecular flexibility index (Phi) is 6.75. The summed E-state index contributed by atoms with van der Waals surface area (Å²) in [6, 6.07) is 0. The minimum Gasteiger partial charge on any atom is -0.394 e. The highest BCUT2D eigenvalue weighted by molar-refractivity contribution is 5.03. The molecule has 148 valence electrons. The van der Waals surface area contributed by atoms with E-state index in [2.05, 4.69) is 4.98 Å². The van der Waals surface area contributed by atoms with Crippen LogP contribution >= 0.6 is 0 Å². The average molecular weight is 372 g/mol. The zero-order valence-corrected chi connectivity index (χ0v) is 15.9. The molecule has 0 spiro atoms. The standard InChI is InChI=1S/C17H28N2O7/c1-10-8-19(16(22)18-14(10)21)15-13(24-7-6-23-5)12(11(9-20)25-15)26-17(2,3)4/h8,11-13,15,20H,6-7,9H2,1-5H3,(H,18,21,22)/t11-,12?,13+,15-/m1/s1. The fourth-order valence-electron chi connectivity index (χ4n) is 2.85. The molecule has 9 heteroatoms. The molecule has 0 saturated carbocycles. The lowest BCUT2D eigenvalue weighted by atomic mass is 10.1. The van der Waals surface area contributed by atoms with Crippen molar-refractivity contribution in [2.75, 3.05) is 26.9 Å². The zero-order valence-electron chi connectivity index (χ0n) is 15.9.